The molecule has 108 valence electrons. The van der Waals surface area contributed by atoms with Crippen molar-refractivity contribution in [3.8, 4) is 11.1 Å². The summed E-state index contributed by atoms with van der Waals surface area (Å²) in [4.78, 5) is 4.24. The van der Waals surface area contributed by atoms with Gasteiger partial charge in [-0.1, -0.05) is 12.1 Å². The number of nitrogens with two attached hydrogens (primary N) is 1. The van der Waals surface area contributed by atoms with E-state index in [9.17, 15) is 4.39 Å². The minimum absolute atomic E-state index is 0.230. The lowest BCUT2D eigenvalue weighted by Gasteiger charge is -2.05. The molecule has 1 heterocycles. The van der Waals surface area contributed by atoms with Crippen molar-refractivity contribution in [1.29, 1.82) is 0 Å². The highest BCUT2D eigenvalue weighted by atomic mass is 32.2. The highest BCUT2D eigenvalue weighted by molar-refractivity contribution is 7.97. The van der Waals surface area contributed by atoms with Crippen LogP contribution in [0.5, 0.6) is 0 Å². The van der Waals surface area contributed by atoms with Crippen molar-refractivity contribution >= 4 is 22.9 Å². The molecule has 0 saturated carbocycles. The average molecular weight is 301 g/mol. The molecule has 0 aliphatic heterocycles. The lowest BCUT2D eigenvalue weighted by atomic mass is 10.1. The molecule has 1 aromatic heterocycles. The molecule has 4 N–H and O–H groups in total. The summed E-state index contributed by atoms with van der Waals surface area (Å²) < 4.78 is 16.4. The zero-order valence-corrected chi connectivity index (χ0v) is 12.2. The summed E-state index contributed by atoms with van der Waals surface area (Å²) >= 11 is 1.56. The molecular formula is C16H16FN3S. The fourth-order valence-electron chi connectivity index (χ4n) is 2.26. The second-order valence-electron chi connectivity index (χ2n) is 4.71. The van der Waals surface area contributed by atoms with Crippen LogP contribution in [0.2, 0.25) is 0 Å². The van der Waals surface area contributed by atoms with Gasteiger partial charge in [-0.3, -0.25) is 4.72 Å². The van der Waals surface area contributed by atoms with Crippen molar-refractivity contribution < 1.29 is 4.39 Å². The summed E-state index contributed by atoms with van der Waals surface area (Å²) in [7, 11) is 0. The first-order valence-electron chi connectivity index (χ1n) is 6.75. The molecular weight excluding hydrogens is 285 g/mol. The van der Waals surface area contributed by atoms with Gasteiger partial charge in [-0.2, -0.15) is 0 Å². The molecule has 0 aliphatic rings. The summed E-state index contributed by atoms with van der Waals surface area (Å²) in [6.45, 7) is 1.38. The molecule has 5 heteroatoms. The van der Waals surface area contributed by atoms with Gasteiger partial charge in [0.05, 0.1) is 0 Å². The van der Waals surface area contributed by atoms with E-state index in [4.69, 9.17) is 5.73 Å². The first-order chi connectivity index (χ1) is 10.3. The van der Waals surface area contributed by atoms with E-state index >= 15 is 0 Å². The maximum Gasteiger partial charge on any atom is 0.125 e. The van der Waals surface area contributed by atoms with Gasteiger partial charge in [-0.15, -0.1) is 0 Å². The predicted octanol–water partition coefficient (Wildman–Crippen LogP) is 3.53. The second kappa shape index (κ2) is 6.30. The highest BCUT2D eigenvalue weighted by Crippen LogP contribution is 2.31. The smallest absolute Gasteiger partial charge is 0.125 e. The van der Waals surface area contributed by atoms with E-state index in [1.165, 1.54) is 12.1 Å². The number of halogens is 1. The van der Waals surface area contributed by atoms with Crippen LogP contribution in [0.3, 0.4) is 0 Å². The molecule has 21 heavy (non-hydrogen) atoms. The Labute approximate surface area is 126 Å². The lowest BCUT2D eigenvalue weighted by molar-refractivity contribution is 0.629. The van der Waals surface area contributed by atoms with Crippen molar-refractivity contribution in [2.75, 3.05) is 13.1 Å². The Bertz CT molecular complexity index is 754. The number of nitrogens with one attached hydrogen (secondary N) is 2. The van der Waals surface area contributed by atoms with Gasteiger partial charge < -0.3 is 10.7 Å². The normalized spacial score (nSPS) is 11.1. The van der Waals surface area contributed by atoms with Crippen molar-refractivity contribution in [3.63, 3.8) is 0 Å². The monoisotopic (exact) mass is 301 g/mol. The largest absolute Gasteiger partial charge is 0.360 e. The molecule has 0 saturated heterocycles. The minimum atomic E-state index is -0.230. The lowest BCUT2D eigenvalue weighted by Crippen LogP contribution is -2.15. The highest BCUT2D eigenvalue weighted by Gasteiger charge is 2.07. The third kappa shape index (κ3) is 3.10. The van der Waals surface area contributed by atoms with Crippen LogP contribution >= 0.6 is 11.9 Å². The Morgan fingerprint density at radius 1 is 1.19 bits per heavy atom. The van der Waals surface area contributed by atoms with E-state index in [1.807, 2.05) is 24.4 Å². The summed E-state index contributed by atoms with van der Waals surface area (Å²) in [6.07, 6.45) is 1.92. The number of H-pyrrole nitrogens is 1. The molecule has 0 spiro atoms. The number of aromatic nitrogens is 1. The Morgan fingerprint density at radius 3 is 2.95 bits per heavy atom. The number of hydrogen-bond donors (Lipinski definition) is 3. The molecule has 0 aliphatic carbocycles. The van der Waals surface area contributed by atoms with Crippen LogP contribution in [0.15, 0.2) is 53.6 Å². The van der Waals surface area contributed by atoms with Gasteiger partial charge in [0, 0.05) is 40.6 Å². The van der Waals surface area contributed by atoms with Crippen LogP contribution in [0.25, 0.3) is 22.0 Å². The van der Waals surface area contributed by atoms with Crippen LogP contribution in [0.1, 0.15) is 0 Å². The van der Waals surface area contributed by atoms with E-state index < -0.39 is 0 Å². The van der Waals surface area contributed by atoms with Crippen molar-refractivity contribution in [2.45, 2.75) is 4.90 Å². The Hall–Kier alpha value is -1.82. The fourth-order valence-corrected chi connectivity index (χ4v) is 2.98. The minimum Gasteiger partial charge on any atom is -0.360 e. The third-order valence-electron chi connectivity index (χ3n) is 3.23. The van der Waals surface area contributed by atoms with E-state index in [0.29, 0.717) is 6.54 Å². The predicted molar refractivity (Wildman–Crippen MR) is 86.6 cm³/mol. The summed E-state index contributed by atoms with van der Waals surface area (Å²) in [5.74, 6) is -0.230. The molecule has 0 fully saturated rings. The van der Waals surface area contributed by atoms with Gasteiger partial charge in [0.1, 0.15) is 5.82 Å². The molecule has 0 radical (unpaired) electrons. The van der Waals surface area contributed by atoms with Crippen LogP contribution in [0, 0.1) is 5.82 Å². The fraction of sp³-hybridized carbons (Fsp3) is 0.125. The van der Waals surface area contributed by atoms with E-state index in [0.717, 1.165) is 33.5 Å². The number of rotatable bonds is 5. The Morgan fingerprint density at radius 2 is 2.10 bits per heavy atom. The summed E-state index contributed by atoms with van der Waals surface area (Å²) in [5, 5.41) is 1.02. The summed E-state index contributed by atoms with van der Waals surface area (Å²) in [6, 6.07) is 13.0. The van der Waals surface area contributed by atoms with Crippen LogP contribution in [-0.2, 0) is 0 Å². The van der Waals surface area contributed by atoms with E-state index in [1.54, 1.807) is 11.9 Å². The molecule has 2 aromatic carbocycles. The van der Waals surface area contributed by atoms with E-state index in [-0.39, 0.29) is 5.82 Å². The number of hydrogen-bond acceptors (Lipinski definition) is 3. The van der Waals surface area contributed by atoms with E-state index in [2.05, 4.69) is 21.8 Å². The first-order valence-corrected chi connectivity index (χ1v) is 7.56. The SMILES string of the molecule is NCCNSc1cccc(-c2c[nH]c3cc(F)ccc23)c1. The van der Waals surface area contributed by atoms with Gasteiger partial charge in [0.15, 0.2) is 0 Å². The maximum atomic E-state index is 13.2. The summed E-state index contributed by atoms with van der Waals surface area (Å²) in [5.41, 5.74) is 8.45. The molecule has 0 atom stereocenters. The van der Waals surface area contributed by atoms with Crippen LogP contribution < -0.4 is 10.5 Å². The Kier molecular flexibility index (Phi) is 4.24. The molecule has 3 nitrogen and oxygen atoms in total. The number of aromatic amines is 1. The maximum absolute atomic E-state index is 13.2. The van der Waals surface area contributed by atoms with Gasteiger partial charge in [-0.25, -0.2) is 4.39 Å². The standard InChI is InChI=1S/C16H16FN3S/c17-12-4-5-14-15(10-19-16(14)9-12)11-2-1-3-13(8-11)21-20-7-6-18/h1-5,8-10,19-20H,6-7,18H2. The quantitative estimate of drug-likeness (QED) is 0.499. The Balaban J connectivity index is 1.93. The average Bonchev–Trinajstić information content (AvgIpc) is 2.91. The van der Waals surface area contributed by atoms with Gasteiger partial charge in [0.2, 0.25) is 0 Å². The second-order valence-corrected chi connectivity index (χ2v) is 5.67. The van der Waals surface area contributed by atoms with Crippen LogP contribution in [-0.4, -0.2) is 18.1 Å². The van der Waals surface area contributed by atoms with Gasteiger partial charge in [0.25, 0.3) is 0 Å². The molecule has 3 aromatic rings. The molecule has 3 rings (SSSR count). The topological polar surface area (TPSA) is 53.8 Å². The first kappa shape index (κ1) is 14.1. The zero-order chi connectivity index (χ0) is 14.7. The third-order valence-corrected chi connectivity index (χ3v) is 4.06. The molecule has 0 amide bonds. The molecule has 0 bridgehead atoms. The number of benzene rings is 2. The van der Waals surface area contributed by atoms with Gasteiger partial charge in [-0.05, 0) is 47.8 Å². The molecule has 0 unspecified atom stereocenters. The van der Waals surface area contributed by atoms with Gasteiger partial charge >= 0.3 is 0 Å². The number of fused-ring (bicyclic) bond motifs is 1. The van der Waals surface area contributed by atoms with Crippen molar-refractivity contribution in [2.24, 2.45) is 5.73 Å². The van der Waals surface area contributed by atoms with Crippen molar-refractivity contribution in [1.82, 2.24) is 9.71 Å². The van der Waals surface area contributed by atoms with Crippen LogP contribution in [0.4, 0.5) is 4.39 Å². The van der Waals surface area contributed by atoms with Crippen molar-refractivity contribution in [3.05, 3.63) is 54.5 Å². The zero-order valence-electron chi connectivity index (χ0n) is 11.4.